The Balaban J connectivity index is 3.31. The molecule has 0 amide bonds. The molecule has 5 heteroatoms. The van der Waals surface area contributed by atoms with Crippen LogP contribution in [0.1, 0.15) is 25.8 Å². The third kappa shape index (κ3) is 2.52. The van der Waals surface area contributed by atoms with E-state index in [2.05, 4.69) is 15.9 Å². The molecule has 0 heterocycles. The van der Waals surface area contributed by atoms with E-state index in [4.69, 9.17) is 5.11 Å². The van der Waals surface area contributed by atoms with Crippen LogP contribution >= 0.6 is 15.9 Å². The minimum Gasteiger partial charge on any atom is -0.505 e. The highest BCUT2D eigenvalue weighted by atomic mass is 79.9. The number of rotatable bonds is 3. The van der Waals surface area contributed by atoms with Crippen molar-refractivity contribution < 1.29 is 19.4 Å². The molecule has 0 aromatic heterocycles. The minimum atomic E-state index is -0.999. The summed E-state index contributed by atoms with van der Waals surface area (Å²) in [5, 5.41) is 18.4. The Labute approximate surface area is 101 Å². The van der Waals surface area contributed by atoms with Crippen LogP contribution in [0.3, 0.4) is 0 Å². The largest absolute Gasteiger partial charge is 0.505 e. The predicted octanol–water partition coefficient (Wildman–Crippen LogP) is 3.05. The van der Waals surface area contributed by atoms with Gasteiger partial charge in [0.1, 0.15) is 0 Å². The molecule has 0 unspecified atom stereocenters. The number of carboxylic acid groups (broad SMARTS) is 1. The molecule has 1 aromatic carbocycles. The summed E-state index contributed by atoms with van der Waals surface area (Å²) < 4.78 is 13.7. The van der Waals surface area contributed by atoms with Crippen molar-refractivity contribution in [1.29, 1.82) is 0 Å². The molecule has 0 atom stereocenters. The van der Waals surface area contributed by atoms with Crippen LogP contribution < -0.4 is 0 Å². The van der Waals surface area contributed by atoms with Crippen molar-refractivity contribution in [3.05, 3.63) is 28.0 Å². The first-order chi connectivity index (χ1) is 7.25. The minimum absolute atomic E-state index is 0.192. The van der Waals surface area contributed by atoms with E-state index in [1.165, 1.54) is 6.07 Å². The third-order valence-electron chi connectivity index (χ3n) is 2.35. The van der Waals surface area contributed by atoms with E-state index < -0.39 is 23.0 Å². The molecule has 0 aliphatic rings. The van der Waals surface area contributed by atoms with Gasteiger partial charge in [0.25, 0.3) is 0 Å². The number of benzene rings is 1. The Morgan fingerprint density at radius 3 is 2.56 bits per heavy atom. The number of aromatic hydroxyl groups is 1. The number of halogens is 2. The van der Waals surface area contributed by atoms with E-state index >= 15 is 0 Å². The molecular weight excluding hydrogens is 279 g/mol. The highest BCUT2D eigenvalue weighted by Gasteiger charge is 2.30. The van der Waals surface area contributed by atoms with Gasteiger partial charge in [0.15, 0.2) is 11.6 Å². The summed E-state index contributed by atoms with van der Waals surface area (Å²) >= 11 is 3.19. The maximum atomic E-state index is 13.2. The summed E-state index contributed by atoms with van der Waals surface area (Å²) in [6.45, 7) is 3.28. The lowest BCUT2D eigenvalue weighted by molar-refractivity contribution is -0.138. The molecule has 0 aliphatic heterocycles. The second-order valence-corrected chi connectivity index (χ2v) is 5.06. The number of carbonyl (C=O) groups is 1. The van der Waals surface area contributed by atoms with E-state index in [0.717, 1.165) is 6.07 Å². The SMILES string of the molecule is CC(C)(CC(=O)O)c1c(Br)ccc(F)c1O. The van der Waals surface area contributed by atoms with Crippen LogP contribution in [0.2, 0.25) is 0 Å². The number of hydrogen-bond donors (Lipinski definition) is 2. The van der Waals surface area contributed by atoms with E-state index in [1.54, 1.807) is 13.8 Å². The fraction of sp³-hybridized carbons (Fsp3) is 0.364. The number of aliphatic carboxylic acids is 1. The van der Waals surface area contributed by atoms with Crippen LogP contribution in [0, 0.1) is 5.82 Å². The highest BCUT2D eigenvalue weighted by molar-refractivity contribution is 9.10. The summed E-state index contributed by atoms with van der Waals surface area (Å²) in [6.07, 6.45) is -0.192. The zero-order valence-electron chi connectivity index (χ0n) is 8.92. The Morgan fingerprint density at radius 2 is 2.06 bits per heavy atom. The van der Waals surface area contributed by atoms with Crippen LogP contribution in [0.25, 0.3) is 0 Å². The van der Waals surface area contributed by atoms with Gasteiger partial charge in [-0.25, -0.2) is 4.39 Å². The van der Waals surface area contributed by atoms with Crippen molar-refractivity contribution in [2.75, 3.05) is 0 Å². The summed E-state index contributed by atoms with van der Waals surface area (Å²) in [7, 11) is 0. The first-order valence-corrected chi connectivity index (χ1v) is 5.44. The van der Waals surface area contributed by atoms with Crippen molar-refractivity contribution in [3.8, 4) is 5.75 Å². The molecule has 0 aliphatic carbocycles. The Kier molecular flexibility index (Phi) is 3.57. The first-order valence-electron chi connectivity index (χ1n) is 4.65. The first kappa shape index (κ1) is 13.0. The van der Waals surface area contributed by atoms with Gasteiger partial charge in [-0.2, -0.15) is 0 Å². The van der Waals surface area contributed by atoms with Gasteiger partial charge in [0, 0.05) is 15.5 Å². The lowest BCUT2D eigenvalue weighted by Crippen LogP contribution is -2.22. The van der Waals surface area contributed by atoms with Gasteiger partial charge in [0.2, 0.25) is 0 Å². The molecule has 0 spiro atoms. The average molecular weight is 291 g/mol. The molecule has 88 valence electrons. The summed E-state index contributed by atoms with van der Waals surface area (Å²) in [5.41, 5.74) is -0.577. The molecule has 2 N–H and O–H groups in total. The Hall–Kier alpha value is -1.10. The quantitative estimate of drug-likeness (QED) is 0.900. The van der Waals surface area contributed by atoms with Gasteiger partial charge in [-0.1, -0.05) is 29.8 Å². The van der Waals surface area contributed by atoms with Gasteiger partial charge in [-0.15, -0.1) is 0 Å². The fourth-order valence-corrected chi connectivity index (χ4v) is 2.51. The van der Waals surface area contributed by atoms with Crippen LogP contribution in [0.5, 0.6) is 5.75 Å². The van der Waals surface area contributed by atoms with E-state index in [9.17, 15) is 14.3 Å². The second-order valence-electron chi connectivity index (χ2n) is 4.21. The summed E-state index contributed by atoms with van der Waals surface area (Å²) in [5.74, 6) is -2.25. The van der Waals surface area contributed by atoms with E-state index in [-0.39, 0.29) is 12.0 Å². The second kappa shape index (κ2) is 4.41. The van der Waals surface area contributed by atoms with Crippen molar-refractivity contribution >= 4 is 21.9 Å². The zero-order valence-corrected chi connectivity index (χ0v) is 10.5. The van der Waals surface area contributed by atoms with E-state index in [1.807, 2.05) is 0 Å². The molecule has 0 radical (unpaired) electrons. The topological polar surface area (TPSA) is 57.5 Å². The van der Waals surface area contributed by atoms with Crippen LogP contribution in [0.4, 0.5) is 4.39 Å². The monoisotopic (exact) mass is 290 g/mol. The van der Waals surface area contributed by atoms with Crippen molar-refractivity contribution in [2.24, 2.45) is 0 Å². The molecular formula is C11H12BrFO3. The van der Waals surface area contributed by atoms with Crippen LogP contribution in [-0.2, 0) is 10.2 Å². The normalized spacial score (nSPS) is 11.5. The van der Waals surface area contributed by atoms with Crippen LogP contribution in [-0.4, -0.2) is 16.2 Å². The zero-order chi connectivity index (χ0) is 12.5. The third-order valence-corrected chi connectivity index (χ3v) is 3.01. The number of phenols is 1. The van der Waals surface area contributed by atoms with Crippen molar-refractivity contribution in [2.45, 2.75) is 25.7 Å². The number of hydrogen-bond acceptors (Lipinski definition) is 2. The van der Waals surface area contributed by atoms with Crippen molar-refractivity contribution in [1.82, 2.24) is 0 Å². The molecule has 0 fully saturated rings. The molecule has 16 heavy (non-hydrogen) atoms. The Morgan fingerprint density at radius 1 is 1.50 bits per heavy atom. The van der Waals surface area contributed by atoms with Gasteiger partial charge >= 0.3 is 5.97 Å². The molecule has 0 saturated carbocycles. The fourth-order valence-electron chi connectivity index (χ4n) is 1.65. The Bertz CT molecular complexity index is 429. The van der Waals surface area contributed by atoms with Crippen LogP contribution in [0.15, 0.2) is 16.6 Å². The lowest BCUT2D eigenvalue weighted by Gasteiger charge is -2.25. The van der Waals surface area contributed by atoms with Gasteiger partial charge in [-0.05, 0) is 12.1 Å². The molecule has 0 saturated heterocycles. The van der Waals surface area contributed by atoms with Gasteiger partial charge in [-0.3, -0.25) is 4.79 Å². The molecule has 1 rings (SSSR count). The number of phenolic OH excluding ortho intramolecular Hbond substituents is 1. The molecule has 3 nitrogen and oxygen atoms in total. The standard InChI is InChI=1S/C11H12BrFO3/c1-11(2,5-8(14)15)9-6(12)3-4-7(13)10(9)16/h3-4,16H,5H2,1-2H3,(H,14,15). The maximum Gasteiger partial charge on any atom is 0.304 e. The molecule has 0 bridgehead atoms. The van der Waals surface area contributed by atoms with E-state index in [0.29, 0.717) is 4.47 Å². The smallest absolute Gasteiger partial charge is 0.304 e. The predicted molar refractivity (Wildman–Crippen MR) is 61.0 cm³/mol. The maximum absolute atomic E-state index is 13.2. The number of carboxylic acids is 1. The highest BCUT2D eigenvalue weighted by Crippen LogP contribution is 2.40. The molecule has 1 aromatic rings. The van der Waals surface area contributed by atoms with Crippen molar-refractivity contribution in [3.63, 3.8) is 0 Å². The summed E-state index contributed by atoms with van der Waals surface area (Å²) in [4.78, 5) is 10.7. The van der Waals surface area contributed by atoms with Gasteiger partial charge in [0.05, 0.1) is 6.42 Å². The average Bonchev–Trinajstić information content (AvgIpc) is 2.09. The lowest BCUT2D eigenvalue weighted by atomic mass is 9.81. The van der Waals surface area contributed by atoms with Gasteiger partial charge < -0.3 is 10.2 Å². The summed E-state index contributed by atoms with van der Waals surface area (Å²) in [6, 6.07) is 2.58.